The van der Waals surface area contributed by atoms with Crippen LogP contribution in [0.25, 0.3) is 0 Å². The second-order valence-electron chi connectivity index (χ2n) is 6.11. The molecule has 1 amide bonds. The molecule has 1 aliphatic rings. The molecule has 8 heteroatoms. The van der Waals surface area contributed by atoms with E-state index in [1.165, 1.54) is 0 Å². The van der Waals surface area contributed by atoms with Crippen LogP contribution in [0.2, 0.25) is 0 Å². The molecule has 3 heterocycles. The minimum Gasteiger partial charge on any atom is -0.478 e. The van der Waals surface area contributed by atoms with E-state index < -0.39 is 5.97 Å². The number of aryl methyl sites for hydroxylation is 2. The van der Waals surface area contributed by atoms with Crippen LogP contribution >= 0.6 is 0 Å². The van der Waals surface area contributed by atoms with E-state index in [1.54, 1.807) is 41.2 Å². The molecule has 1 aliphatic heterocycles. The number of amides is 1. The molecule has 0 unspecified atom stereocenters. The van der Waals surface area contributed by atoms with Gasteiger partial charge in [-0.3, -0.25) is 9.48 Å². The summed E-state index contributed by atoms with van der Waals surface area (Å²) in [6.07, 6.45) is 4.08. The Morgan fingerprint density at radius 3 is 2.64 bits per heavy atom. The van der Waals surface area contributed by atoms with Crippen molar-refractivity contribution in [3.8, 4) is 0 Å². The lowest BCUT2D eigenvalue weighted by molar-refractivity contribution is 0.0695. The molecule has 0 radical (unpaired) electrons. The fraction of sp³-hybridized carbons (Fsp3) is 0.412. The van der Waals surface area contributed by atoms with Gasteiger partial charge in [0.25, 0.3) is 5.91 Å². The number of nitrogens with zero attached hydrogens (tertiary/aromatic N) is 5. The summed E-state index contributed by atoms with van der Waals surface area (Å²) in [6.45, 7) is 4.17. The van der Waals surface area contributed by atoms with Crippen LogP contribution in [0.3, 0.4) is 0 Å². The molecule has 1 fully saturated rings. The van der Waals surface area contributed by atoms with E-state index in [2.05, 4.69) is 10.1 Å². The van der Waals surface area contributed by atoms with Gasteiger partial charge in [-0.1, -0.05) is 0 Å². The molecule has 0 bridgehead atoms. The maximum absolute atomic E-state index is 12.7. The third kappa shape index (κ3) is 3.47. The molecular formula is C17H21N5O3. The average molecular weight is 343 g/mol. The van der Waals surface area contributed by atoms with E-state index in [0.29, 0.717) is 43.3 Å². The molecular weight excluding hydrogens is 322 g/mol. The molecule has 0 saturated carbocycles. The molecule has 25 heavy (non-hydrogen) atoms. The second kappa shape index (κ2) is 6.92. The summed E-state index contributed by atoms with van der Waals surface area (Å²) < 4.78 is 1.64. The number of carbonyl (C=O) groups excluding carboxylic acids is 1. The Morgan fingerprint density at radius 1 is 1.16 bits per heavy atom. The minimum absolute atomic E-state index is 0.0353. The Hall–Kier alpha value is -2.90. The Balaban J connectivity index is 1.76. The topological polar surface area (TPSA) is 91.6 Å². The maximum atomic E-state index is 12.7. The second-order valence-corrected chi connectivity index (χ2v) is 6.11. The Labute approximate surface area is 145 Å². The summed E-state index contributed by atoms with van der Waals surface area (Å²) in [5, 5.41) is 13.6. The zero-order valence-corrected chi connectivity index (χ0v) is 14.3. The van der Waals surface area contributed by atoms with Gasteiger partial charge in [0.1, 0.15) is 11.4 Å². The summed E-state index contributed by atoms with van der Waals surface area (Å²) >= 11 is 0. The van der Waals surface area contributed by atoms with Crippen LogP contribution in [0.5, 0.6) is 0 Å². The summed E-state index contributed by atoms with van der Waals surface area (Å²) in [4.78, 5) is 32.1. The third-order valence-corrected chi connectivity index (χ3v) is 4.34. The summed E-state index contributed by atoms with van der Waals surface area (Å²) in [7, 11) is 1.79. The number of carbonyl (C=O) groups is 2. The van der Waals surface area contributed by atoms with E-state index in [4.69, 9.17) is 0 Å². The molecule has 8 nitrogen and oxygen atoms in total. The van der Waals surface area contributed by atoms with Crippen molar-refractivity contribution in [2.75, 3.05) is 31.1 Å². The van der Waals surface area contributed by atoms with Crippen LogP contribution in [0.1, 0.15) is 32.8 Å². The zero-order chi connectivity index (χ0) is 18.0. The van der Waals surface area contributed by atoms with Crippen LogP contribution in [0.15, 0.2) is 24.5 Å². The van der Waals surface area contributed by atoms with Crippen molar-refractivity contribution in [1.82, 2.24) is 19.7 Å². The van der Waals surface area contributed by atoms with Crippen LogP contribution in [-0.4, -0.2) is 62.8 Å². The summed E-state index contributed by atoms with van der Waals surface area (Å²) in [5.74, 6) is -0.569. The molecule has 3 rings (SSSR count). The van der Waals surface area contributed by atoms with Crippen molar-refractivity contribution in [2.45, 2.75) is 13.3 Å². The Kier molecular flexibility index (Phi) is 4.69. The van der Waals surface area contributed by atoms with Crippen molar-refractivity contribution in [2.24, 2.45) is 7.05 Å². The van der Waals surface area contributed by atoms with Gasteiger partial charge in [0.15, 0.2) is 0 Å². The summed E-state index contributed by atoms with van der Waals surface area (Å²) in [5.41, 5.74) is 1.51. The third-order valence-electron chi connectivity index (χ3n) is 4.34. The van der Waals surface area contributed by atoms with Gasteiger partial charge in [-0.15, -0.1) is 0 Å². The number of pyridine rings is 1. The highest BCUT2D eigenvalue weighted by Crippen LogP contribution is 2.20. The number of anilines is 1. The number of rotatable bonds is 3. The van der Waals surface area contributed by atoms with Crippen LogP contribution in [0, 0.1) is 6.92 Å². The predicted octanol–water partition coefficient (Wildman–Crippen LogP) is 1.17. The molecule has 0 atom stereocenters. The Bertz CT molecular complexity index is 801. The van der Waals surface area contributed by atoms with E-state index >= 15 is 0 Å². The maximum Gasteiger partial charge on any atom is 0.339 e. The smallest absolute Gasteiger partial charge is 0.339 e. The fourth-order valence-electron chi connectivity index (χ4n) is 3.13. The minimum atomic E-state index is -0.994. The number of carboxylic acid groups (broad SMARTS) is 1. The highest BCUT2D eigenvalue weighted by atomic mass is 16.4. The number of hydrogen-bond acceptors (Lipinski definition) is 5. The SMILES string of the molecule is Cc1nn(C)cc1C(=O)N1CCCN(c2ncccc2C(=O)O)CC1. The van der Waals surface area contributed by atoms with E-state index in [9.17, 15) is 14.7 Å². The van der Waals surface area contributed by atoms with Crippen molar-refractivity contribution in [3.63, 3.8) is 0 Å². The standard InChI is InChI=1S/C17H21N5O3/c1-12-14(11-20(2)19-12)16(23)22-8-4-7-21(9-10-22)15-13(17(24)25)5-3-6-18-15/h3,5-6,11H,4,7-10H2,1-2H3,(H,24,25). The lowest BCUT2D eigenvalue weighted by Gasteiger charge is -2.23. The molecule has 1 saturated heterocycles. The highest BCUT2D eigenvalue weighted by Gasteiger charge is 2.25. The average Bonchev–Trinajstić information content (AvgIpc) is 2.79. The van der Waals surface area contributed by atoms with E-state index in [1.807, 2.05) is 11.8 Å². The van der Waals surface area contributed by atoms with Crippen LogP contribution in [0.4, 0.5) is 5.82 Å². The normalized spacial score (nSPS) is 15.1. The molecule has 0 spiro atoms. The van der Waals surface area contributed by atoms with Gasteiger partial charge in [0, 0.05) is 45.6 Å². The van der Waals surface area contributed by atoms with Crippen molar-refractivity contribution in [3.05, 3.63) is 41.3 Å². The predicted molar refractivity (Wildman–Crippen MR) is 91.9 cm³/mol. The first-order valence-electron chi connectivity index (χ1n) is 8.20. The van der Waals surface area contributed by atoms with Gasteiger partial charge in [0.05, 0.1) is 11.3 Å². The lowest BCUT2D eigenvalue weighted by atomic mass is 10.2. The van der Waals surface area contributed by atoms with Crippen molar-refractivity contribution >= 4 is 17.7 Å². The molecule has 0 aromatic carbocycles. The molecule has 2 aromatic heterocycles. The number of carboxylic acids is 1. The van der Waals surface area contributed by atoms with Gasteiger partial charge >= 0.3 is 5.97 Å². The lowest BCUT2D eigenvalue weighted by Crippen LogP contribution is -2.36. The number of aromatic nitrogens is 3. The van der Waals surface area contributed by atoms with Gasteiger partial charge in [-0.25, -0.2) is 9.78 Å². The monoisotopic (exact) mass is 343 g/mol. The van der Waals surface area contributed by atoms with Crippen molar-refractivity contribution in [1.29, 1.82) is 0 Å². The largest absolute Gasteiger partial charge is 0.478 e. The van der Waals surface area contributed by atoms with E-state index in [-0.39, 0.29) is 11.5 Å². The summed E-state index contributed by atoms with van der Waals surface area (Å²) in [6, 6.07) is 3.17. The molecule has 132 valence electrons. The first kappa shape index (κ1) is 16.9. The molecule has 0 aliphatic carbocycles. The first-order chi connectivity index (χ1) is 12.0. The molecule has 1 N–H and O–H groups in total. The van der Waals surface area contributed by atoms with E-state index in [0.717, 1.165) is 6.42 Å². The zero-order valence-electron chi connectivity index (χ0n) is 14.3. The van der Waals surface area contributed by atoms with Gasteiger partial charge in [-0.05, 0) is 25.5 Å². The number of hydrogen-bond donors (Lipinski definition) is 1. The van der Waals surface area contributed by atoms with Crippen LogP contribution < -0.4 is 4.90 Å². The molecule has 2 aromatic rings. The Morgan fingerprint density at radius 2 is 1.96 bits per heavy atom. The van der Waals surface area contributed by atoms with Gasteiger partial charge in [-0.2, -0.15) is 5.10 Å². The fourth-order valence-corrected chi connectivity index (χ4v) is 3.13. The highest BCUT2D eigenvalue weighted by molar-refractivity contribution is 5.95. The quantitative estimate of drug-likeness (QED) is 0.900. The van der Waals surface area contributed by atoms with Gasteiger partial charge < -0.3 is 14.9 Å². The van der Waals surface area contributed by atoms with Crippen molar-refractivity contribution < 1.29 is 14.7 Å². The van der Waals surface area contributed by atoms with Gasteiger partial charge in [0.2, 0.25) is 0 Å². The van der Waals surface area contributed by atoms with Crippen LogP contribution in [-0.2, 0) is 7.05 Å². The first-order valence-corrected chi connectivity index (χ1v) is 8.20. The number of aromatic carboxylic acids is 1.